The third-order valence-corrected chi connectivity index (χ3v) is 2.35. The number of rotatable bonds is 2. The fourth-order valence-corrected chi connectivity index (χ4v) is 1.65. The van der Waals surface area contributed by atoms with Crippen LogP contribution in [-0.2, 0) is 0 Å². The molecule has 3 heteroatoms. The molecule has 0 radical (unpaired) electrons. The van der Waals surface area contributed by atoms with Gasteiger partial charge in [0.15, 0.2) is 0 Å². The second kappa shape index (κ2) is 5.78. The van der Waals surface area contributed by atoms with Crippen molar-refractivity contribution in [2.75, 3.05) is 6.54 Å². The van der Waals surface area contributed by atoms with E-state index in [9.17, 15) is 4.39 Å². The maximum Gasteiger partial charge on any atom is 0.100 e. The molecule has 1 aliphatic carbocycles. The molecule has 0 aromatic carbocycles. The lowest BCUT2D eigenvalue weighted by atomic mass is 9.86. The predicted molar refractivity (Wildman–Crippen MR) is 47.8 cm³/mol. The third-order valence-electron chi connectivity index (χ3n) is 2.35. The number of halogens is 2. The van der Waals surface area contributed by atoms with Gasteiger partial charge in [0.2, 0.25) is 0 Å². The Balaban J connectivity index is 0.000001000. The summed E-state index contributed by atoms with van der Waals surface area (Å²) in [6.45, 7) is 0.765. The Bertz CT molecular complexity index is 92.1. The lowest BCUT2D eigenvalue weighted by molar-refractivity contribution is 0.203. The minimum atomic E-state index is -0.519. The van der Waals surface area contributed by atoms with Crippen molar-refractivity contribution in [3.05, 3.63) is 0 Å². The first-order valence-electron chi connectivity index (χ1n) is 4.17. The van der Waals surface area contributed by atoms with E-state index in [4.69, 9.17) is 5.73 Å². The van der Waals surface area contributed by atoms with Crippen LogP contribution >= 0.6 is 12.4 Å². The van der Waals surface area contributed by atoms with E-state index in [1.54, 1.807) is 0 Å². The van der Waals surface area contributed by atoms with Gasteiger partial charge in [-0.3, -0.25) is 0 Å². The molecule has 0 aromatic heterocycles. The highest BCUT2D eigenvalue weighted by Crippen LogP contribution is 2.27. The summed E-state index contributed by atoms with van der Waals surface area (Å²) in [5.74, 6) is 0.719. The molecule has 0 spiro atoms. The molecule has 1 fully saturated rings. The van der Waals surface area contributed by atoms with Gasteiger partial charge in [0.05, 0.1) is 0 Å². The first kappa shape index (κ1) is 11.2. The monoisotopic (exact) mass is 181 g/mol. The van der Waals surface area contributed by atoms with Crippen molar-refractivity contribution in [3.8, 4) is 0 Å². The van der Waals surface area contributed by atoms with Crippen molar-refractivity contribution in [1.82, 2.24) is 0 Å². The molecule has 0 amide bonds. The lowest BCUT2D eigenvalue weighted by Gasteiger charge is -2.23. The van der Waals surface area contributed by atoms with Crippen LogP contribution < -0.4 is 5.73 Å². The second-order valence-corrected chi connectivity index (χ2v) is 3.20. The molecule has 1 rings (SSSR count). The summed E-state index contributed by atoms with van der Waals surface area (Å²) in [5, 5.41) is 0. The zero-order chi connectivity index (χ0) is 7.40. The Morgan fingerprint density at radius 3 is 2.18 bits per heavy atom. The molecule has 2 N–H and O–H groups in total. The van der Waals surface area contributed by atoms with Crippen molar-refractivity contribution in [2.24, 2.45) is 11.7 Å². The van der Waals surface area contributed by atoms with E-state index in [-0.39, 0.29) is 12.4 Å². The molecular weight excluding hydrogens is 165 g/mol. The Labute approximate surface area is 73.9 Å². The molecule has 0 unspecified atom stereocenters. The second-order valence-electron chi connectivity index (χ2n) is 3.20. The minimum Gasteiger partial charge on any atom is -0.330 e. The van der Waals surface area contributed by atoms with E-state index in [0.717, 1.165) is 44.6 Å². The van der Waals surface area contributed by atoms with Gasteiger partial charge in [-0.1, -0.05) is 0 Å². The van der Waals surface area contributed by atoms with Gasteiger partial charge in [0.25, 0.3) is 0 Å². The van der Waals surface area contributed by atoms with E-state index < -0.39 is 6.17 Å². The van der Waals surface area contributed by atoms with Gasteiger partial charge in [-0.2, -0.15) is 0 Å². The van der Waals surface area contributed by atoms with E-state index in [1.807, 2.05) is 0 Å². The average molecular weight is 182 g/mol. The van der Waals surface area contributed by atoms with Crippen LogP contribution in [0.5, 0.6) is 0 Å². The standard InChI is InChI=1S/C8H16FN.ClH/c9-8-3-1-7(2-4-8)5-6-10;/h7-8H,1-6,10H2;1H. The van der Waals surface area contributed by atoms with Crippen LogP contribution in [0.4, 0.5) is 4.39 Å². The first-order chi connectivity index (χ1) is 4.83. The normalized spacial score (nSPS) is 31.1. The van der Waals surface area contributed by atoms with Crippen LogP contribution in [0.15, 0.2) is 0 Å². The first-order valence-corrected chi connectivity index (χ1v) is 4.17. The molecule has 1 aliphatic rings. The van der Waals surface area contributed by atoms with Crippen molar-refractivity contribution in [3.63, 3.8) is 0 Å². The van der Waals surface area contributed by atoms with Gasteiger partial charge in [-0.15, -0.1) is 12.4 Å². The summed E-state index contributed by atoms with van der Waals surface area (Å²) in [4.78, 5) is 0. The maximum absolute atomic E-state index is 12.6. The highest BCUT2D eigenvalue weighted by molar-refractivity contribution is 5.85. The van der Waals surface area contributed by atoms with Crippen molar-refractivity contribution in [2.45, 2.75) is 38.3 Å². The van der Waals surface area contributed by atoms with Gasteiger partial charge in [-0.05, 0) is 44.6 Å². The number of alkyl halides is 1. The van der Waals surface area contributed by atoms with Gasteiger partial charge < -0.3 is 5.73 Å². The van der Waals surface area contributed by atoms with Crippen LogP contribution in [0.2, 0.25) is 0 Å². The smallest absolute Gasteiger partial charge is 0.100 e. The lowest BCUT2D eigenvalue weighted by Crippen LogP contribution is -2.17. The molecule has 0 atom stereocenters. The summed E-state index contributed by atoms with van der Waals surface area (Å²) in [6.07, 6.45) is 4.22. The number of hydrogen-bond donors (Lipinski definition) is 1. The van der Waals surface area contributed by atoms with E-state index >= 15 is 0 Å². The molecule has 0 bridgehead atoms. The maximum atomic E-state index is 12.6. The van der Waals surface area contributed by atoms with E-state index in [0.29, 0.717) is 0 Å². The molecule has 1 saturated carbocycles. The highest BCUT2D eigenvalue weighted by atomic mass is 35.5. The summed E-state index contributed by atoms with van der Waals surface area (Å²) in [7, 11) is 0. The molecule has 11 heavy (non-hydrogen) atoms. The molecule has 0 heterocycles. The number of hydrogen-bond acceptors (Lipinski definition) is 1. The molecule has 0 aromatic rings. The molecule has 1 nitrogen and oxygen atoms in total. The van der Waals surface area contributed by atoms with Crippen molar-refractivity contribution >= 4 is 12.4 Å². The van der Waals surface area contributed by atoms with Crippen molar-refractivity contribution in [1.29, 1.82) is 0 Å². The van der Waals surface area contributed by atoms with Crippen LogP contribution in [0.25, 0.3) is 0 Å². The van der Waals surface area contributed by atoms with Gasteiger partial charge in [-0.25, -0.2) is 4.39 Å². The quantitative estimate of drug-likeness (QED) is 0.695. The van der Waals surface area contributed by atoms with Crippen LogP contribution in [-0.4, -0.2) is 12.7 Å². The third kappa shape index (κ3) is 3.92. The molecular formula is C8H17ClFN. The summed E-state index contributed by atoms with van der Waals surface area (Å²) >= 11 is 0. The fraction of sp³-hybridized carbons (Fsp3) is 1.00. The van der Waals surface area contributed by atoms with Gasteiger partial charge >= 0.3 is 0 Å². The van der Waals surface area contributed by atoms with E-state index in [2.05, 4.69) is 0 Å². The Kier molecular flexibility index (Phi) is 5.88. The van der Waals surface area contributed by atoms with Crippen LogP contribution in [0, 0.1) is 5.92 Å². The SMILES string of the molecule is Cl.NCCC1CCC(F)CC1. The summed E-state index contributed by atoms with van der Waals surface area (Å²) in [6, 6.07) is 0. The fourth-order valence-electron chi connectivity index (χ4n) is 1.65. The van der Waals surface area contributed by atoms with Gasteiger partial charge in [0, 0.05) is 0 Å². The summed E-state index contributed by atoms with van der Waals surface area (Å²) < 4.78 is 12.6. The Morgan fingerprint density at radius 1 is 1.18 bits per heavy atom. The van der Waals surface area contributed by atoms with Crippen LogP contribution in [0.3, 0.4) is 0 Å². The zero-order valence-electron chi connectivity index (χ0n) is 6.76. The van der Waals surface area contributed by atoms with Gasteiger partial charge in [0.1, 0.15) is 6.17 Å². The van der Waals surface area contributed by atoms with Crippen LogP contribution in [0.1, 0.15) is 32.1 Å². The molecule has 0 aliphatic heterocycles. The largest absolute Gasteiger partial charge is 0.330 e. The Hall–Kier alpha value is 0.180. The highest BCUT2D eigenvalue weighted by Gasteiger charge is 2.19. The Morgan fingerprint density at radius 2 is 1.73 bits per heavy atom. The molecule has 0 saturated heterocycles. The van der Waals surface area contributed by atoms with E-state index in [1.165, 1.54) is 0 Å². The van der Waals surface area contributed by atoms with Crippen molar-refractivity contribution < 1.29 is 4.39 Å². The molecule has 68 valence electrons. The topological polar surface area (TPSA) is 26.0 Å². The average Bonchev–Trinajstić information content (AvgIpc) is 1.95. The number of nitrogens with two attached hydrogens (primary N) is 1. The summed E-state index contributed by atoms with van der Waals surface area (Å²) in [5.41, 5.74) is 5.40. The predicted octanol–water partition coefficient (Wildman–Crippen LogP) is 2.29. The zero-order valence-corrected chi connectivity index (χ0v) is 7.58. The minimum absolute atomic E-state index is 0.